The van der Waals surface area contributed by atoms with Gasteiger partial charge >= 0.3 is 6.03 Å². The number of hydrogen-bond donors (Lipinski definition) is 3. The summed E-state index contributed by atoms with van der Waals surface area (Å²) in [7, 11) is 0. The molecular formula is C15H16FN3O. The zero-order chi connectivity index (χ0) is 14.5. The molecule has 4 nitrogen and oxygen atoms in total. The lowest BCUT2D eigenvalue weighted by Gasteiger charge is -2.14. The standard InChI is InChI=1S/C15H16FN3O/c1-10(17)13-7-2-3-8-14(13)19-15(20)18-12-6-4-5-11(16)9-12/h2-10H,17H2,1H3,(H2,18,19,20). The lowest BCUT2D eigenvalue weighted by atomic mass is 10.1. The van der Waals surface area contributed by atoms with Gasteiger partial charge in [-0.1, -0.05) is 24.3 Å². The van der Waals surface area contributed by atoms with Crippen molar-refractivity contribution in [3.05, 3.63) is 59.9 Å². The van der Waals surface area contributed by atoms with Gasteiger partial charge in [0.05, 0.1) is 0 Å². The smallest absolute Gasteiger partial charge is 0.323 e. The Morgan fingerprint density at radius 1 is 1.15 bits per heavy atom. The van der Waals surface area contributed by atoms with Crippen LogP contribution >= 0.6 is 0 Å². The molecule has 2 aromatic rings. The van der Waals surface area contributed by atoms with Crippen LogP contribution in [0.2, 0.25) is 0 Å². The van der Waals surface area contributed by atoms with Crippen LogP contribution in [-0.4, -0.2) is 6.03 Å². The summed E-state index contributed by atoms with van der Waals surface area (Å²) in [6.07, 6.45) is 0. The summed E-state index contributed by atoms with van der Waals surface area (Å²) < 4.78 is 13.0. The summed E-state index contributed by atoms with van der Waals surface area (Å²) in [5, 5.41) is 5.27. The number of halogens is 1. The van der Waals surface area contributed by atoms with Crippen LogP contribution in [0.1, 0.15) is 18.5 Å². The molecule has 1 atom stereocenters. The number of nitrogens with one attached hydrogen (secondary N) is 2. The van der Waals surface area contributed by atoms with Crippen molar-refractivity contribution in [2.75, 3.05) is 10.6 Å². The second-order valence-corrected chi connectivity index (χ2v) is 4.47. The van der Waals surface area contributed by atoms with Crippen LogP contribution < -0.4 is 16.4 Å². The van der Waals surface area contributed by atoms with Gasteiger partial charge in [0, 0.05) is 17.4 Å². The number of benzene rings is 2. The monoisotopic (exact) mass is 273 g/mol. The van der Waals surface area contributed by atoms with E-state index in [1.807, 2.05) is 25.1 Å². The van der Waals surface area contributed by atoms with E-state index < -0.39 is 11.8 Å². The fraction of sp³-hybridized carbons (Fsp3) is 0.133. The van der Waals surface area contributed by atoms with Crippen molar-refractivity contribution >= 4 is 17.4 Å². The largest absolute Gasteiger partial charge is 0.324 e. The number of urea groups is 1. The lowest BCUT2D eigenvalue weighted by molar-refractivity contribution is 0.262. The van der Waals surface area contributed by atoms with E-state index in [2.05, 4.69) is 10.6 Å². The summed E-state index contributed by atoms with van der Waals surface area (Å²) in [5.74, 6) is -0.404. The fourth-order valence-electron chi connectivity index (χ4n) is 1.86. The first kappa shape index (κ1) is 14.0. The van der Waals surface area contributed by atoms with Crippen LogP contribution in [0.15, 0.2) is 48.5 Å². The number of carbonyl (C=O) groups is 1. The van der Waals surface area contributed by atoms with Gasteiger partial charge in [-0.3, -0.25) is 0 Å². The van der Waals surface area contributed by atoms with Gasteiger partial charge in [0.25, 0.3) is 0 Å². The van der Waals surface area contributed by atoms with Crippen LogP contribution in [0.3, 0.4) is 0 Å². The van der Waals surface area contributed by atoms with Crippen LogP contribution in [-0.2, 0) is 0 Å². The molecule has 5 heteroatoms. The molecule has 4 N–H and O–H groups in total. The first-order valence-electron chi connectivity index (χ1n) is 6.24. The Morgan fingerprint density at radius 3 is 2.60 bits per heavy atom. The Hall–Kier alpha value is -2.40. The molecule has 104 valence electrons. The predicted molar refractivity (Wildman–Crippen MR) is 78.1 cm³/mol. The van der Waals surface area contributed by atoms with E-state index in [9.17, 15) is 9.18 Å². The highest BCUT2D eigenvalue weighted by atomic mass is 19.1. The van der Waals surface area contributed by atoms with Gasteiger partial charge in [-0.2, -0.15) is 0 Å². The molecule has 0 spiro atoms. The number of rotatable bonds is 3. The maximum absolute atomic E-state index is 13.0. The highest BCUT2D eigenvalue weighted by molar-refractivity contribution is 6.00. The summed E-state index contributed by atoms with van der Waals surface area (Å²) >= 11 is 0. The van der Waals surface area contributed by atoms with Crippen molar-refractivity contribution in [2.45, 2.75) is 13.0 Å². The van der Waals surface area contributed by atoms with E-state index in [4.69, 9.17) is 5.73 Å². The molecule has 0 aromatic heterocycles. The number of para-hydroxylation sites is 1. The van der Waals surface area contributed by atoms with E-state index in [0.29, 0.717) is 11.4 Å². The van der Waals surface area contributed by atoms with Gasteiger partial charge in [-0.05, 0) is 36.8 Å². The van der Waals surface area contributed by atoms with E-state index in [1.165, 1.54) is 18.2 Å². The second-order valence-electron chi connectivity index (χ2n) is 4.47. The van der Waals surface area contributed by atoms with Gasteiger partial charge in [-0.15, -0.1) is 0 Å². The van der Waals surface area contributed by atoms with Crippen molar-refractivity contribution in [1.82, 2.24) is 0 Å². The maximum atomic E-state index is 13.0. The average Bonchev–Trinajstić information content (AvgIpc) is 2.38. The summed E-state index contributed by atoms with van der Waals surface area (Å²) in [6, 6.07) is 12.3. The zero-order valence-electron chi connectivity index (χ0n) is 11.1. The van der Waals surface area contributed by atoms with E-state index in [0.717, 1.165) is 5.56 Å². The van der Waals surface area contributed by atoms with Crippen molar-refractivity contribution in [2.24, 2.45) is 5.73 Å². The van der Waals surface area contributed by atoms with Crippen LogP contribution in [0.25, 0.3) is 0 Å². The minimum absolute atomic E-state index is 0.194. The van der Waals surface area contributed by atoms with Crippen molar-refractivity contribution in [3.63, 3.8) is 0 Å². The molecule has 0 bridgehead atoms. The molecule has 20 heavy (non-hydrogen) atoms. The molecule has 0 radical (unpaired) electrons. The maximum Gasteiger partial charge on any atom is 0.323 e. The first-order valence-corrected chi connectivity index (χ1v) is 6.24. The van der Waals surface area contributed by atoms with E-state index in [-0.39, 0.29) is 6.04 Å². The average molecular weight is 273 g/mol. The Balaban J connectivity index is 2.09. The number of anilines is 2. The van der Waals surface area contributed by atoms with Gasteiger partial charge in [-0.25, -0.2) is 9.18 Å². The van der Waals surface area contributed by atoms with Crippen molar-refractivity contribution in [3.8, 4) is 0 Å². The lowest BCUT2D eigenvalue weighted by Crippen LogP contribution is -2.21. The molecule has 2 rings (SSSR count). The van der Waals surface area contributed by atoms with Crippen LogP contribution in [0.5, 0.6) is 0 Å². The number of hydrogen-bond acceptors (Lipinski definition) is 2. The third-order valence-electron chi connectivity index (χ3n) is 2.78. The zero-order valence-corrected chi connectivity index (χ0v) is 11.1. The van der Waals surface area contributed by atoms with Crippen molar-refractivity contribution < 1.29 is 9.18 Å². The van der Waals surface area contributed by atoms with Gasteiger partial charge in [0.1, 0.15) is 5.82 Å². The molecule has 0 aliphatic rings. The number of carbonyl (C=O) groups excluding carboxylic acids is 1. The third kappa shape index (κ3) is 3.55. The van der Waals surface area contributed by atoms with Gasteiger partial charge < -0.3 is 16.4 Å². The second kappa shape index (κ2) is 6.16. The molecule has 0 aliphatic carbocycles. The molecule has 0 saturated heterocycles. The molecule has 0 heterocycles. The summed E-state index contributed by atoms with van der Waals surface area (Å²) in [4.78, 5) is 11.9. The molecular weight excluding hydrogens is 257 g/mol. The molecule has 0 fully saturated rings. The normalized spacial score (nSPS) is 11.8. The van der Waals surface area contributed by atoms with Crippen LogP contribution in [0, 0.1) is 5.82 Å². The topological polar surface area (TPSA) is 67.1 Å². The molecule has 0 saturated carbocycles. The van der Waals surface area contributed by atoms with Gasteiger partial charge in [0.2, 0.25) is 0 Å². The molecule has 2 amide bonds. The summed E-state index contributed by atoms with van der Waals surface area (Å²) in [5.41, 5.74) is 7.70. The van der Waals surface area contributed by atoms with Gasteiger partial charge in [0.15, 0.2) is 0 Å². The van der Waals surface area contributed by atoms with E-state index in [1.54, 1.807) is 12.1 Å². The summed E-state index contributed by atoms with van der Waals surface area (Å²) in [6.45, 7) is 1.84. The highest BCUT2D eigenvalue weighted by Crippen LogP contribution is 2.21. The number of nitrogens with two attached hydrogens (primary N) is 1. The Kier molecular flexibility index (Phi) is 4.32. The Bertz CT molecular complexity index is 614. The van der Waals surface area contributed by atoms with Crippen molar-refractivity contribution in [1.29, 1.82) is 0 Å². The molecule has 0 aliphatic heterocycles. The molecule has 1 unspecified atom stereocenters. The molecule has 2 aromatic carbocycles. The quantitative estimate of drug-likeness (QED) is 0.801. The predicted octanol–water partition coefficient (Wildman–Crippen LogP) is 3.49. The Labute approximate surface area is 116 Å². The number of amides is 2. The Morgan fingerprint density at radius 2 is 1.90 bits per heavy atom. The highest BCUT2D eigenvalue weighted by Gasteiger charge is 2.09. The third-order valence-corrected chi connectivity index (χ3v) is 2.78. The van der Waals surface area contributed by atoms with Crippen LogP contribution in [0.4, 0.5) is 20.6 Å². The minimum atomic E-state index is -0.441. The van der Waals surface area contributed by atoms with E-state index >= 15 is 0 Å². The SMILES string of the molecule is CC(N)c1ccccc1NC(=O)Nc1cccc(F)c1. The minimum Gasteiger partial charge on any atom is -0.324 e. The first-order chi connectivity index (χ1) is 9.56. The fourth-order valence-corrected chi connectivity index (χ4v) is 1.86.